The number of carbonyl (C=O) groups is 1. The third-order valence-electron chi connectivity index (χ3n) is 3.54. The smallest absolute Gasteiger partial charge is 0.206 e. The molecule has 0 bridgehead atoms. The van der Waals surface area contributed by atoms with Crippen LogP contribution in [0.2, 0.25) is 0 Å². The summed E-state index contributed by atoms with van der Waals surface area (Å²) in [5, 5.41) is 4.11. The van der Waals surface area contributed by atoms with Gasteiger partial charge in [0, 0.05) is 18.8 Å². The van der Waals surface area contributed by atoms with Gasteiger partial charge in [0.25, 0.3) is 0 Å². The number of hydrogen-bond acceptors (Lipinski definition) is 3. The third kappa shape index (κ3) is 3.98. The molecule has 0 atom stereocenters. The number of ketones is 1. The Morgan fingerprint density at radius 2 is 1.83 bits per heavy atom. The Balaban J connectivity index is 1.72. The molecule has 0 N–H and O–H groups in total. The summed E-state index contributed by atoms with van der Waals surface area (Å²) in [4.78, 5) is 12.1. The topological polar surface area (TPSA) is 44.1 Å². The standard InChI is InChI=1S/C20H18N2O2/c1-22-14-13-18(21-22)19(23)12-11-17-9-5-6-10-20(17)24-15-16-7-3-2-4-8-16/h2-14H,15H2,1H3/b12-11+. The average Bonchev–Trinajstić information content (AvgIpc) is 3.06. The first-order valence-electron chi connectivity index (χ1n) is 7.70. The van der Waals surface area contributed by atoms with E-state index in [0.717, 1.165) is 16.9 Å². The van der Waals surface area contributed by atoms with Crippen molar-refractivity contribution in [3.63, 3.8) is 0 Å². The van der Waals surface area contributed by atoms with Gasteiger partial charge in [-0.05, 0) is 29.8 Å². The Labute approximate surface area is 141 Å². The average molecular weight is 318 g/mol. The first kappa shape index (κ1) is 15.7. The summed E-state index contributed by atoms with van der Waals surface area (Å²) in [5.41, 5.74) is 2.38. The zero-order valence-electron chi connectivity index (χ0n) is 13.4. The number of rotatable bonds is 6. The highest BCUT2D eigenvalue weighted by Crippen LogP contribution is 2.21. The number of carbonyl (C=O) groups excluding carboxylic acids is 1. The Morgan fingerprint density at radius 3 is 2.58 bits per heavy atom. The predicted octanol–water partition coefficient (Wildman–Crippen LogP) is 3.90. The van der Waals surface area contributed by atoms with Crippen LogP contribution in [0.5, 0.6) is 5.75 Å². The van der Waals surface area contributed by atoms with E-state index in [1.165, 1.54) is 6.08 Å². The zero-order chi connectivity index (χ0) is 16.8. The summed E-state index contributed by atoms with van der Waals surface area (Å²) in [6.07, 6.45) is 5.03. The quantitative estimate of drug-likeness (QED) is 0.511. The minimum atomic E-state index is -0.131. The summed E-state index contributed by atoms with van der Waals surface area (Å²) in [5.74, 6) is 0.611. The van der Waals surface area contributed by atoms with Gasteiger partial charge in [0.05, 0.1) is 0 Å². The lowest BCUT2D eigenvalue weighted by molar-refractivity contribution is 0.104. The lowest BCUT2D eigenvalue weighted by atomic mass is 10.1. The SMILES string of the molecule is Cn1ccc(C(=O)/C=C/c2ccccc2OCc2ccccc2)n1. The van der Waals surface area contributed by atoms with E-state index >= 15 is 0 Å². The highest BCUT2D eigenvalue weighted by molar-refractivity contribution is 6.05. The van der Waals surface area contributed by atoms with Crippen LogP contribution in [0.3, 0.4) is 0 Å². The van der Waals surface area contributed by atoms with Crippen molar-refractivity contribution in [3.8, 4) is 5.75 Å². The van der Waals surface area contributed by atoms with Crippen LogP contribution >= 0.6 is 0 Å². The van der Waals surface area contributed by atoms with Crippen molar-refractivity contribution in [2.24, 2.45) is 7.05 Å². The van der Waals surface area contributed by atoms with E-state index in [0.29, 0.717) is 12.3 Å². The molecule has 0 unspecified atom stereocenters. The van der Waals surface area contributed by atoms with Gasteiger partial charge in [-0.3, -0.25) is 9.48 Å². The molecule has 0 saturated carbocycles. The van der Waals surface area contributed by atoms with Crippen molar-refractivity contribution in [2.75, 3.05) is 0 Å². The predicted molar refractivity (Wildman–Crippen MR) is 93.8 cm³/mol. The first-order chi connectivity index (χ1) is 11.7. The minimum absolute atomic E-state index is 0.131. The Bertz CT molecular complexity index is 851. The van der Waals surface area contributed by atoms with Gasteiger partial charge in [-0.25, -0.2) is 0 Å². The molecule has 120 valence electrons. The number of para-hydroxylation sites is 1. The minimum Gasteiger partial charge on any atom is -0.488 e. The third-order valence-corrected chi connectivity index (χ3v) is 3.54. The van der Waals surface area contributed by atoms with Crippen LogP contribution in [0.25, 0.3) is 6.08 Å². The molecule has 0 amide bonds. The van der Waals surface area contributed by atoms with Crippen molar-refractivity contribution in [3.05, 3.63) is 89.8 Å². The number of aryl methyl sites for hydroxylation is 1. The summed E-state index contributed by atoms with van der Waals surface area (Å²) >= 11 is 0. The van der Waals surface area contributed by atoms with Crippen LogP contribution in [0.15, 0.2) is 72.9 Å². The number of benzene rings is 2. The molecule has 3 aromatic rings. The molecule has 4 heteroatoms. The number of nitrogens with zero attached hydrogens (tertiary/aromatic N) is 2. The number of aromatic nitrogens is 2. The van der Waals surface area contributed by atoms with Crippen molar-refractivity contribution >= 4 is 11.9 Å². The van der Waals surface area contributed by atoms with E-state index in [4.69, 9.17) is 4.74 Å². The van der Waals surface area contributed by atoms with E-state index in [1.54, 1.807) is 30.1 Å². The zero-order valence-corrected chi connectivity index (χ0v) is 13.4. The molecule has 0 aliphatic rings. The second-order valence-electron chi connectivity index (χ2n) is 5.38. The Kier molecular flexibility index (Phi) is 4.87. The van der Waals surface area contributed by atoms with Crippen LogP contribution in [-0.4, -0.2) is 15.6 Å². The molecule has 0 aliphatic heterocycles. The number of allylic oxidation sites excluding steroid dienone is 1. The molecular formula is C20H18N2O2. The normalized spacial score (nSPS) is 10.9. The van der Waals surface area contributed by atoms with Crippen molar-refractivity contribution in [1.82, 2.24) is 9.78 Å². The molecule has 0 aliphatic carbocycles. The Hall–Kier alpha value is -3.14. The molecule has 2 aromatic carbocycles. The molecule has 0 spiro atoms. The second kappa shape index (κ2) is 7.42. The van der Waals surface area contributed by atoms with Crippen LogP contribution in [0.4, 0.5) is 0 Å². The van der Waals surface area contributed by atoms with Crippen LogP contribution in [0.1, 0.15) is 21.6 Å². The van der Waals surface area contributed by atoms with Crippen LogP contribution < -0.4 is 4.74 Å². The second-order valence-corrected chi connectivity index (χ2v) is 5.38. The molecule has 1 heterocycles. The molecule has 0 radical (unpaired) electrons. The fraction of sp³-hybridized carbons (Fsp3) is 0.100. The van der Waals surface area contributed by atoms with Gasteiger partial charge in [0.2, 0.25) is 5.78 Å². The summed E-state index contributed by atoms with van der Waals surface area (Å²) in [7, 11) is 1.78. The lowest BCUT2D eigenvalue weighted by Crippen LogP contribution is -1.98. The fourth-order valence-corrected chi connectivity index (χ4v) is 2.28. The van der Waals surface area contributed by atoms with Crippen molar-refractivity contribution < 1.29 is 9.53 Å². The molecule has 3 rings (SSSR count). The summed E-state index contributed by atoms with van der Waals surface area (Å²) < 4.78 is 7.49. The Morgan fingerprint density at radius 1 is 1.08 bits per heavy atom. The highest BCUT2D eigenvalue weighted by atomic mass is 16.5. The maximum absolute atomic E-state index is 12.1. The number of hydrogen-bond donors (Lipinski definition) is 0. The summed E-state index contributed by atoms with van der Waals surface area (Å²) in [6.45, 7) is 0.486. The molecule has 0 fully saturated rings. The van der Waals surface area contributed by atoms with E-state index in [1.807, 2.05) is 54.6 Å². The molecule has 0 saturated heterocycles. The molecular weight excluding hydrogens is 300 g/mol. The van der Waals surface area contributed by atoms with E-state index in [2.05, 4.69) is 5.10 Å². The van der Waals surface area contributed by atoms with E-state index in [-0.39, 0.29) is 5.78 Å². The van der Waals surface area contributed by atoms with Gasteiger partial charge in [-0.2, -0.15) is 5.10 Å². The van der Waals surface area contributed by atoms with Crippen LogP contribution in [0, 0.1) is 0 Å². The molecule has 4 nitrogen and oxygen atoms in total. The number of ether oxygens (including phenoxy) is 1. The monoisotopic (exact) mass is 318 g/mol. The van der Waals surface area contributed by atoms with Gasteiger partial charge in [-0.1, -0.05) is 48.5 Å². The van der Waals surface area contributed by atoms with Gasteiger partial charge in [0.15, 0.2) is 0 Å². The van der Waals surface area contributed by atoms with Gasteiger partial charge >= 0.3 is 0 Å². The maximum atomic E-state index is 12.1. The van der Waals surface area contributed by atoms with E-state index in [9.17, 15) is 4.79 Å². The first-order valence-corrected chi connectivity index (χ1v) is 7.70. The van der Waals surface area contributed by atoms with Gasteiger partial charge in [0.1, 0.15) is 18.1 Å². The summed E-state index contributed by atoms with van der Waals surface area (Å²) in [6, 6.07) is 19.3. The highest BCUT2D eigenvalue weighted by Gasteiger charge is 2.06. The van der Waals surface area contributed by atoms with Crippen molar-refractivity contribution in [2.45, 2.75) is 6.61 Å². The van der Waals surface area contributed by atoms with Gasteiger partial charge in [-0.15, -0.1) is 0 Å². The fourth-order valence-electron chi connectivity index (χ4n) is 2.28. The maximum Gasteiger partial charge on any atom is 0.206 e. The lowest BCUT2D eigenvalue weighted by Gasteiger charge is -2.09. The van der Waals surface area contributed by atoms with Gasteiger partial charge < -0.3 is 4.74 Å². The molecule has 24 heavy (non-hydrogen) atoms. The van der Waals surface area contributed by atoms with Crippen molar-refractivity contribution in [1.29, 1.82) is 0 Å². The molecule has 1 aromatic heterocycles. The largest absolute Gasteiger partial charge is 0.488 e. The van der Waals surface area contributed by atoms with E-state index < -0.39 is 0 Å². The van der Waals surface area contributed by atoms with Crippen LogP contribution in [-0.2, 0) is 13.7 Å².